The summed E-state index contributed by atoms with van der Waals surface area (Å²) in [5.41, 5.74) is 5.37. The maximum atomic E-state index is 5.37. The number of nitrogens with zero attached hydrogens (tertiary/aromatic N) is 2. The number of nitrogens with two attached hydrogens (primary N) is 1. The third-order valence-corrected chi connectivity index (χ3v) is 2.40. The molecule has 62 valence electrons. The molecule has 0 fully saturated rings. The van der Waals surface area contributed by atoms with Crippen molar-refractivity contribution in [3.05, 3.63) is 10.8 Å². The van der Waals surface area contributed by atoms with E-state index in [0.717, 1.165) is 17.3 Å². The third kappa shape index (κ3) is 2.24. The van der Waals surface area contributed by atoms with Gasteiger partial charge in [-0.05, 0) is 18.1 Å². The van der Waals surface area contributed by atoms with Gasteiger partial charge in [0.05, 0.1) is 0 Å². The van der Waals surface area contributed by atoms with Crippen LogP contribution in [-0.4, -0.2) is 15.9 Å². The Bertz CT molecular complexity index is 219. The summed E-state index contributed by atoms with van der Waals surface area (Å²) in [5, 5.41) is 1.11. The van der Waals surface area contributed by atoms with Gasteiger partial charge in [0.25, 0.3) is 0 Å². The first-order chi connectivity index (χ1) is 5.24. The Morgan fingerprint density at radius 2 is 2.27 bits per heavy atom. The Morgan fingerprint density at radius 3 is 2.73 bits per heavy atom. The van der Waals surface area contributed by atoms with Gasteiger partial charge in [-0.1, -0.05) is 13.8 Å². The summed E-state index contributed by atoms with van der Waals surface area (Å²) in [6.07, 6.45) is 0.795. The number of hydrogen-bond donors (Lipinski definition) is 1. The van der Waals surface area contributed by atoms with Gasteiger partial charge in [0.2, 0.25) is 0 Å². The highest BCUT2D eigenvalue weighted by atomic mass is 32.1. The van der Waals surface area contributed by atoms with Crippen molar-refractivity contribution < 1.29 is 0 Å². The lowest BCUT2D eigenvalue weighted by molar-refractivity contribution is 0.823. The fraction of sp³-hybridized carbons (Fsp3) is 0.714. The molecule has 0 bridgehead atoms. The van der Waals surface area contributed by atoms with E-state index in [4.69, 9.17) is 5.73 Å². The van der Waals surface area contributed by atoms with Crippen molar-refractivity contribution in [3.8, 4) is 0 Å². The van der Waals surface area contributed by atoms with Crippen LogP contribution in [0.2, 0.25) is 0 Å². The van der Waals surface area contributed by atoms with Gasteiger partial charge in [0, 0.05) is 12.3 Å². The second-order valence-electron chi connectivity index (χ2n) is 2.74. The van der Waals surface area contributed by atoms with Crippen molar-refractivity contribution in [1.29, 1.82) is 0 Å². The molecule has 1 aromatic rings. The molecule has 1 rings (SSSR count). The highest BCUT2D eigenvalue weighted by molar-refractivity contribution is 7.05. The van der Waals surface area contributed by atoms with Crippen LogP contribution in [0.4, 0.5) is 0 Å². The maximum Gasteiger partial charge on any atom is 0.143 e. The van der Waals surface area contributed by atoms with E-state index < -0.39 is 0 Å². The molecule has 0 saturated carbocycles. The molecule has 4 heteroatoms. The third-order valence-electron chi connectivity index (χ3n) is 1.35. The van der Waals surface area contributed by atoms with Crippen molar-refractivity contribution in [2.45, 2.75) is 26.2 Å². The normalized spacial score (nSPS) is 10.9. The number of aromatic nitrogens is 2. The van der Waals surface area contributed by atoms with E-state index in [2.05, 4.69) is 23.2 Å². The number of rotatable bonds is 3. The van der Waals surface area contributed by atoms with E-state index in [9.17, 15) is 0 Å². The van der Waals surface area contributed by atoms with Crippen molar-refractivity contribution in [3.63, 3.8) is 0 Å². The average molecular weight is 171 g/mol. The minimum atomic E-state index is 0.485. The van der Waals surface area contributed by atoms with Crippen LogP contribution >= 0.6 is 11.5 Å². The smallest absolute Gasteiger partial charge is 0.143 e. The second kappa shape index (κ2) is 3.78. The lowest BCUT2D eigenvalue weighted by Gasteiger charge is -1.94. The van der Waals surface area contributed by atoms with E-state index in [1.165, 1.54) is 11.5 Å². The van der Waals surface area contributed by atoms with Crippen molar-refractivity contribution in [2.75, 3.05) is 6.54 Å². The lowest BCUT2D eigenvalue weighted by Crippen LogP contribution is -2.04. The fourth-order valence-electron chi connectivity index (χ4n) is 0.733. The van der Waals surface area contributed by atoms with Crippen LogP contribution in [0.15, 0.2) is 0 Å². The van der Waals surface area contributed by atoms with E-state index in [1.54, 1.807) is 0 Å². The highest BCUT2D eigenvalue weighted by Crippen LogP contribution is 2.15. The standard InChI is InChI=1S/C7H13N3S/c1-5(2)7-9-6(3-4-8)10-11-7/h5H,3-4,8H2,1-2H3. The molecule has 11 heavy (non-hydrogen) atoms. The van der Waals surface area contributed by atoms with Crippen LogP contribution in [0.3, 0.4) is 0 Å². The molecule has 0 unspecified atom stereocenters. The van der Waals surface area contributed by atoms with Crippen LogP contribution in [0, 0.1) is 0 Å². The van der Waals surface area contributed by atoms with Gasteiger partial charge in [-0.3, -0.25) is 0 Å². The first kappa shape index (κ1) is 8.62. The maximum absolute atomic E-state index is 5.37. The van der Waals surface area contributed by atoms with Crippen LogP contribution in [-0.2, 0) is 6.42 Å². The van der Waals surface area contributed by atoms with Crippen LogP contribution in [0.25, 0.3) is 0 Å². The quantitative estimate of drug-likeness (QED) is 0.742. The van der Waals surface area contributed by atoms with Crippen molar-refractivity contribution >= 4 is 11.5 Å². The predicted molar refractivity (Wildman–Crippen MR) is 46.8 cm³/mol. The summed E-state index contributed by atoms with van der Waals surface area (Å²) in [6.45, 7) is 4.87. The van der Waals surface area contributed by atoms with E-state index in [1.807, 2.05) is 0 Å². The molecule has 3 nitrogen and oxygen atoms in total. The van der Waals surface area contributed by atoms with E-state index in [0.29, 0.717) is 12.5 Å². The molecule has 0 aliphatic heterocycles. The van der Waals surface area contributed by atoms with Crippen LogP contribution in [0.5, 0.6) is 0 Å². The van der Waals surface area contributed by atoms with Gasteiger partial charge < -0.3 is 5.73 Å². The van der Waals surface area contributed by atoms with Gasteiger partial charge in [-0.15, -0.1) is 0 Å². The topological polar surface area (TPSA) is 51.8 Å². The zero-order valence-electron chi connectivity index (χ0n) is 6.87. The molecule has 2 N–H and O–H groups in total. The van der Waals surface area contributed by atoms with E-state index >= 15 is 0 Å². The second-order valence-corrected chi connectivity index (χ2v) is 3.53. The molecule has 1 aromatic heterocycles. The highest BCUT2D eigenvalue weighted by Gasteiger charge is 2.05. The molecular formula is C7H13N3S. The Morgan fingerprint density at radius 1 is 1.55 bits per heavy atom. The zero-order chi connectivity index (χ0) is 8.27. The van der Waals surface area contributed by atoms with Crippen LogP contribution < -0.4 is 5.73 Å². The van der Waals surface area contributed by atoms with Crippen LogP contribution in [0.1, 0.15) is 30.6 Å². The van der Waals surface area contributed by atoms with Crippen molar-refractivity contribution in [2.24, 2.45) is 5.73 Å². The largest absolute Gasteiger partial charge is 0.330 e. The summed E-state index contributed by atoms with van der Waals surface area (Å²) in [7, 11) is 0. The summed E-state index contributed by atoms with van der Waals surface area (Å²) in [6, 6.07) is 0. The molecule has 0 amide bonds. The Kier molecular flexibility index (Phi) is 2.96. The SMILES string of the molecule is CC(C)c1nc(CCN)ns1. The molecule has 0 atom stereocenters. The molecule has 0 aliphatic carbocycles. The monoisotopic (exact) mass is 171 g/mol. The van der Waals surface area contributed by atoms with Gasteiger partial charge >= 0.3 is 0 Å². The molecular weight excluding hydrogens is 158 g/mol. The Balaban J connectivity index is 2.66. The van der Waals surface area contributed by atoms with Gasteiger partial charge in [-0.2, -0.15) is 4.37 Å². The first-order valence-electron chi connectivity index (χ1n) is 3.76. The predicted octanol–water partition coefficient (Wildman–Crippen LogP) is 1.16. The molecule has 0 aromatic carbocycles. The fourth-order valence-corrected chi connectivity index (χ4v) is 1.42. The van der Waals surface area contributed by atoms with Crippen molar-refractivity contribution in [1.82, 2.24) is 9.36 Å². The molecule has 1 heterocycles. The minimum Gasteiger partial charge on any atom is -0.330 e. The Hall–Kier alpha value is -0.480. The zero-order valence-corrected chi connectivity index (χ0v) is 7.69. The number of hydrogen-bond acceptors (Lipinski definition) is 4. The van der Waals surface area contributed by atoms with Gasteiger partial charge in [0.15, 0.2) is 0 Å². The summed E-state index contributed by atoms with van der Waals surface area (Å²) < 4.78 is 4.18. The van der Waals surface area contributed by atoms with Gasteiger partial charge in [0.1, 0.15) is 10.8 Å². The average Bonchev–Trinajstić information content (AvgIpc) is 2.37. The van der Waals surface area contributed by atoms with E-state index in [-0.39, 0.29) is 0 Å². The first-order valence-corrected chi connectivity index (χ1v) is 4.54. The summed E-state index contributed by atoms with van der Waals surface area (Å²) >= 11 is 1.48. The lowest BCUT2D eigenvalue weighted by atomic mass is 10.2. The Labute approximate surface area is 70.8 Å². The molecule has 0 aliphatic rings. The summed E-state index contributed by atoms with van der Waals surface area (Å²) in [5.74, 6) is 1.38. The molecule has 0 saturated heterocycles. The molecule has 0 radical (unpaired) electrons. The minimum absolute atomic E-state index is 0.485. The van der Waals surface area contributed by atoms with Gasteiger partial charge in [-0.25, -0.2) is 4.98 Å². The molecule has 0 spiro atoms. The summed E-state index contributed by atoms with van der Waals surface area (Å²) in [4.78, 5) is 4.33.